The molecule has 1 fully saturated rings. The largest absolute Gasteiger partial charge is 0.326 e. The normalized spacial score (nSPS) is 13.9. The molecule has 3 heterocycles. The van der Waals surface area contributed by atoms with Crippen molar-refractivity contribution in [3.8, 4) is 11.1 Å². The number of aromatic amines is 1. The first-order valence-electron chi connectivity index (χ1n) is 13.1. The maximum absolute atomic E-state index is 13.4. The van der Waals surface area contributed by atoms with Crippen LogP contribution in [0.15, 0.2) is 84.0 Å². The lowest BCUT2D eigenvalue weighted by Crippen LogP contribution is -2.27. The number of nitrogens with zero attached hydrogens (tertiary/aromatic N) is 4. The Morgan fingerprint density at radius 2 is 1.73 bits per heavy atom. The van der Waals surface area contributed by atoms with Gasteiger partial charge in [0.2, 0.25) is 15.9 Å². The molecule has 6 rings (SSSR count). The van der Waals surface area contributed by atoms with E-state index in [1.165, 1.54) is 28.8 Å². The van der Waals surface area contributed by atoms with E-state index in [0.717, 1.165) is 29.4 Å². The van der Waals surface area contributed by atoms with Crippen LogP contribution in [0.3, 0.4) is 0 Å². The van der Waals surface area contributed by atoms with Gasteiger partial charge in [0.05, 0.1) is 16.8 Å². The van der Waals surface area contributed by atoms with Crippen LogP contribution < -0.4 is 10.6 Å². The fourth-order valence-electron chi connectivity index (χ4n) is 4.82. The predicted octanol–water partition coefficient (Wildman–Crippen LogP) is 4.87. The Morgan fingerprint density at radius 1 is 0.951 bits per heavy atom. The van der Waals surface area contributed by atoms with Crippen LogP contribution in [0.4, 0.5) is 21.7 Å². The zero-order valence-corrected chi connectivity index (χ0v) is 22.7. The molecule has 0 atom stereocenters. The first-order valence-corrected chi connectivity index (χ1v) is 14.5. The van der Waals surface area contributed by atoms with Crippen LogP contribution in [0.25, 0.3) is 22.0 Å². The number of hydrogen-bond donors (Lipinski definition) is 3. The minimum atomic E-state index is -3.47. The van der Waals surface area contributed by atoms with Gasteiger partial charge in [-0.2, -0.15) is 9.40 Å². The number of hydrogen-bond acceptors (Lipinski definition) is 7. The van der Waals surface area contributed by atoms with Gasteiger partial charge in [0, 0.05) is 35.9 Å². The zero-order chi connectivity index (χ0) is 28.4. The van der Waals surface area contributed by atoms with Crippen LogP contribution in [0.5, 0.6) is 0 Å². The number of sulfonamides is 1. The first kappa shape index (κ1) is 26.5. The molecule has 1 amide bonds. The molecule has 0 saturated carbocycles. The second-order valence-electron chi connectivity index (χ2n) is 9.73. The predicted molar refractivity (Wildman–Crippen MR) is 154 cm³/mol. The molecule has 5 aromatic rings. The number of carbonyl (C=O) groups excluding carboxylic acids is 1. The van der Waals surface area contributed by atoms with E-state index in [2.05, 4.69) is 30.8 Å². The number of benzene rings is 3. The first-order chi connectivity index (χ1) is 19.8. The van der Waals surface area contributed by atoms with Crippen molar-refractivity contribution in [2.75, 3.05) is 23.7 Å². The molecule has 1 saturated heterocycles. The van der Waals surface area contributed by atoms with E-state index in [1.54, 1.807) is 36.4 Å². The molecule has 0 unspecified atom stereocenters. The van der Waals surface area contributed by atoms with Crippen molar-refractivity contribution in [2.24, 2.45) is 0 Å². The second kappa shape index (κ2) is 11.1. The number of nitrogens with one attached hydrogen (secondary N) is 3. The van der Waals surface area contributed by atoms with E-state index in [0.29, 0.717) is 46.5 Å². The summed E-state index contributed by atoms with van der Waals surface area (Å²) >= 11 is 0. The fraction of sp³-hybridized carbons (Fsp3) is 0.172. The Hall–Kier alpha value is -4.68. The highest BCUT2D eigenvalue weighted by atomic mass is 32.2. The van der Waals surface area contributed by atoms with E-state index in [4.69, 9.17) is 0 Å². The number of anilines is 3. The van der Waals surface area contributed by atoms with Crippen LogP contribution in [0.1, 0.15) is 18.5 Å². The second-order valence-corrected chi connectivity index (χ2v) is 11.7. The molecule has 41 heavy (non-hydrogen) atoms. The van der Waals surface area contributed by atoms with Crippen LogP contribution in [0, 0.1) is 5.82 Å². The van der Waals surface area contributed by atoms with Crippen molar-refractivity contribution >= 4 is 44.2 Å². The number of H-pyrrole nitrogens is 1. The van der Waals surface area contributed by atoms with Crippen molar-refractivity contribution in [3.63, 3.8) is 0 Å². The number of fused-ring (bicyclic) bond motifs is 1. The van der Waals surface area contributed by atoms with Crippen molar-refractivity contribution in [1.29, 1.82) is 0 Å². The molecule has 1 aliphatic rings. The maximum atomic E-state index is 13.4. The van der Waals surface area contributed by atoms with E-state index in [1.807, 2.05) is 18.2 Å². The van der Waals surface area contributed by atoms with Crippen molar-refractivity contribution in [2.45, 2.75) is 24.2 Å². The van der Waals surface area contributed by atoms with Crippen LogP contribution in [-0.4, -0.2) is 51.9 Å². The molecule has 2 aromatic heterocycles. The maximum Gasteiger partial charge on any atom is 0.243 e. The third-order valence-corrected chi connectivity index (χ3v) is 8.78. The average molecular weight is 572 g/mol. The van der Waals surface area contributed by atoms with Gasteiger partial charge in [-0.3, -0.25) is 9.89 Å². The van der Waals surface area contributed by atoms with Crippen LogP contribution >= 0.6 is 0 Å². The van der Waals surface area contributed by atoms with Crippen LogP contribution in [-0.2, 0) is 21.2 Å². The summed E-state index contributed by atoms with van der Waals surface area (Å²) < 4.78 is 40.6. The molecule has 0 aliphatic carbocycles. The zero-order valence-electron chi connectivity index (χ0n) is 21.8. The number of aromatic nitrogens is 4. The summed E-state index contributed by atoms with van der Waals surface area (Å²) in [7, 11) is -3.47. The molecule has 1 aliphatic heterocycles. The smallest absolute Gasteiger partial charge is 0.243 e. The molecule has 0 radical (unpaired) electrons. The number of amides is 1. The monoisotopic (exact) mass is 571 g/mol. The standard InChI is InChI=1S/C29H26FN7O3S/c30-21-4-3-5-22(15-21)33-28(38)17-23-16-27(36-35-23)34-29-25-11-8-20(14-26(25)31-18-32-29)19-6-9-24(10-7-19)41(39,40)37-12-1-2-13-37/h3-11,14-16,18H,1-2,12-13,17H2,(H,33,38)(H2,31,32,34,35,36). The number of carbonyl (C=O) groups is 1. The third-order valence-electron chi connectivity index (χ3n) is 6.86. The summed E-state index contributed by atoms with van der Waals surface area (Å²) in [5.41, 5.74) is 3.39. The SMILES string of the molecule is O=C(Cc1cc(Nc2ncnc3cc(-c4ccc(S(=O)(=O)N5CCCC5)cc4)ccc23)n[nH]1)Nc1cccc(F)c1. The summed E-state index contributed by atoms with van der Waals surface area (Å²) in [6.07, 6.45) is 3.25. The Bertz CT molecular complexity index is 1840. The highest BCUT2D eigenvalue weighted by Crippen LogP contribution is 2.29. The summed E-state index contributed by atoms with van der Waals surface area (Å²) in [6.45, 7) is 1.13. The Labute approximate surface area is 235 Å². The summed E-state index contributed by atoms with van der Waals surface area (Å²) in [4.78, 5) is 21.4. The van der Waals surface area contributed by atoms with Gasteiger partial charge in [0.15, 0.2) is 5.82 Å². The highest BCUT2D eigenvalue weighted by molar-refractivity contribution is 7.89. The Kier molecular flexibility index (Phi) is 7.16. The molecule has 3 aromatic carbocycles. The summed E-state index contributed by atoms with van der Waals surface area (Å²) in [5.74, 6) is 0.266. The quantitative estimate of drug-likeness (QED) is 0.242. The number of halogens is 1. The highest BCUT2D eigenvalue weighted by Gasteiger charge is 2.27. The molecule has 208 valence electrons. The Balaban J connectivity index is 1.15. The topological polar surface area (TPSA) is 133 Å². The lowest BCUT2D eigenvalue weighted by Gasteiger charge is -2.15. The summed E-state index contributed by atoms with van der Waals surface area (Å²) in [6, 6.07) is 20.0. The van der Waals surface area contributed by atoms with Gasteiger partial charge in [-0.15, -0.1) is 0 Å². The van der Waals surface area contributed by atoms with Gasteiger partial charge in [-0.1, -0.05) is 24.3 Å². The molecule has 0 spiro atoms. The van der Waals surface area contributed by atoms with Crippen LogP contribution in [0.2, 0.25) is 0 Å². The van der Waals surface area contributed by atoms with Crippen molar-refractivity contribution < 1.29 is 17.6 Å². The number of rotatable bonds is 8. The molecule has 0 bridgehead atoms. The van der Waals surface area contributed by atoms with Gasteiger partial charge < -0.3 is 10.6 Å². The van der Waals surface area contributed by atoms with Gasteiger partial charge in [-0.25, -0.2) is 22.8 Å². The molecule has 3 N–H and O–H groups in total. The van der Waals surface area contributed by atoms with Gasteiger partial charge in [-0.05, 0) is 66.4 Å². The van der Waals surface area contributed by atoms with E-state index in [9.17, 15) is 17.6 Å². The minimum Gasteiger partial charge on any atom is -0.326 e. The fourth-order valence-corrected chi connectivity index (χ4v) is 6.33. The molecule has 10 nitrogen and oxygen atoms in total. The van der Waals surface area contributed by atoms with Gasteiger partial charge >= 0.3 is 0 Å². The van der Waals surface area contributed by atoms with Gasteiger partial charge in [0.1, 0.15) is 18.0 Å². The molecule has 12 heteroatoms. The van der Waals surface area contributed by atoms with Crippen molar-refractivity contribution in [3.05, 3.63) is 90.6 Å². The minimum absolute atomic E-state index is 0.0250. The average Bonchev–Trinajstić information content (AvgIpc) is 3.66. The van der Waals surface area contributed by atoms with E-state index >= 15 is 0 Å². The molecular weight excluding hydrogens is 545 g/mol. The molecular formula is C29H26FN7O3S. The lowest BCUT2D eigenvalue weighted by molar-refractivity contribution is -0.115. The van der Waals surface area contributed by atoms with E-state index < -0.39 is 15.8 Å². The van der Waals surface area contributed by atoms with Gasteiger partial charge in [0.25, 0.3) is 0 Å². The lowest BCUT2D eigenvalue weighted by atomic mass is 10.0. The van der Waals surface area contributed by atoms with E-state index in [-0.39, 0.29) is 12.3 Å². The summed E-state index contributed by atoms with van der Waals surface area (Å²) in [5, 5.41) is 13.6. The third kappa shape index (κ3) is 5.79. The van der Waals surface area contributed by atoms with Crippen molar-refractivity contribution in [1.82, 2.24) is 24.5 Å². The Morgan fingerprint density at radius 3 is 2.51 bits per heavy atom.